The van der Waals surface area contributed by atoms with Crippen LogP contribution in [0.5, 0.6) is 0 Å². The molecule has 1 aromatic carbocycles. The van der Waals surface area contributed by atoms with Crippen LogP contribution in [0.4, 0.5) is 0 Å². The molecule has 1 aromatic heterocycles. The Balaban J connectivity index is 1.95. The monoisotopic (exact) mass is 230 g/mol. The Morgan fingerprint density at radius 1 is 1.19 bits per heavy atom. The molecule has 0 bridgehead atoms. The number of ketones is 1. The van der Waals surface area contributed by atoms with Crippen molar-refractivity contribution in [3.05, 3.63) is 57.8 Å². The van der Waals surface area contributed by atoms with Crippen LogP contribution >= 0.6 is 11.3 Å². The van der Waals surface area contributed by atoms with Crippen molar-refractivity contribution < 1.29 is 4.79 Å². The number of thiophene rings is 1. The maximum atomic E-state index is 11.9. The fourth-order valence-corrected chi connectivity index (χ4v) is 2.28. The number of Topliss-reactive ketones (excluding diaryl/α,β-unsaturated/α-hetero) is 1. The lowest BCUT2D eigenvalue weighted by Crippen LogP contribution is -2.00. The molecular formula is C14H14OS. The minimum atomic E-state index is 0.230. The van der Waals surface area contributed by atoms with Gasteiger partial charge in [-0.1, -0.05) is 35.9 Å². The molecule has 0 radical (unpaired) electrons. The number of benzene rings is 1. The molecule has 0 atom stereocenters. The first-order valence-electron chi connectivity index (χ1n) is 5.38. The van der Waals surface area contributed by atoms with Crippen molar-refractivity contribution in [1.29, 1.82) is 0 Å². The van der Waals surface area contributed by atoms with E-state index in [1.54, 1.807) is 11.3 Å². The summed E-state index contributed by atoms with van der Waals surface area (Å²) in [6, 6.07) is 11.9. The third kappa shape index (κ3) is 2.80. The van der Waals surface area contributed by atoms with Crippen LogP contribution in [-0.4, -0.2) is 5.78 Å². The van der Waals surface area contributed by atoms with E-state index in [2.05, 4.69) is 6.07 Å². The summed E-state index contributed by atoms with van der Waals surface area (Å²) in [7, 11) is 0. The van der Waals surface area contributed by atoms with Crippen LogP contribution in [0.25, 0.3) is 0 Å². The quantitative estimate of drug-likeness (QED) is 0.729. The zero-order valence-electron chi connectivity index (χ0n) is 9.27. The van der Waals surface area contributed by atoms with E-state index in [9.17, 15) is 4.79 Å². The van der Waals surface area contributed by atoms with Gasteiger partial charge in [0.1, 0.15) is 0 Å². The molecule has 0 unspecified atom stereocenters. The van der Waals surface area contributed by atoms with Gasteiger partial charge in [-0.2, -0.15) is 0 Å². The van der Waals surface area contributed by atoms with E-state index in [0.29, 0.717) is 6.42 Å². The van der Waals surface area contributed by atoms with Gasteiger partial charge in [-0.3, -0.25) is 4.79 Å². The smallest absolute Gasteiger partial charge is 0.163 e. The highest BCUT2D eigenvalue weighted by atomic mass is 32.1. The molecule has 0 spiro atoms. The van der Waals surface area contributed by atoms with Crippen LogP contribution in [0.2, 0.25) is 0 Å². The normalized spacial score (nSPS) is 10.3. The number of rotatable bonds is 4. The summed E-state index contributed by atoms with van der Waals surface area (Å²) in [5, 5.41) is 2.05. The second-order valence-electron chi connectivity index (χ2n) is 3.87. The molecule has 82 valence electrons. The first-order chi connectivity index (χ1) is 7.75. The summed E-state index contributed by atoms with van der Waals surface area (Å²) in [5.41, 5.74) is 2.01. The summed E-state index contributed by atoms with van der Waals surface area (Å²) >= 11 is 1.71. The number of aryl methyl sites for hydroxylation is 2. The molecule has 0 fully saturated rings. The van der Waals surface area contributed by atoms with E-state index in [1.165, 1.54) is 10.4 Å². The van der Waals surface area contributed by atoms with Gasteiger partial charge >= 0.3 is 0 Å². The summed E-state index contributed by atoms with van der Waals surface area (Å²) in [5.74, 6) is 0.230. The molecule has 0 saturated heterocycles. The van der Waals surface area contributed by atoms with Crippen LogP contribution in [0.3, 0.4) is 0 Å². The van der Waals surface area contributed by atoms with Crippen molar-refractivity contribution in [2.45, 2.75) is 19.8 Å². The number of hydrogen-bond acceptors (Lipinski definition) is 2. The van der Waals surface area contributed by atoms with Crippen LogP contribution in [0.1, 0.15) is 27.2 Å². The average molecular weight is 230 g/mol. The second-order valence-corrected chi connectivity index (χ2v) is 4.90. The predicted molar refractivity (Wildman–Crippen MR) is 68.1 cm³/mol. The highest BCUT2D eigenvalue weighted by Gasteiger charge is 2.05. The maximum absolute atomic E-state index is 11.9. The Labute approximate surface area is 99.8 Å². The van der Waals surface area contributed by atoms with Crippen molar-refractivity contribution in [3.8, 4) is 0 Å². The Hall–Kier alpha value is -1.41. The van der Waals surface area contributed by atoms with E-state index in [0.717, 1.165) is 12.0 Å². The van der Waals surface area contributed by atoms with Crippen molar-refractivity contribution in [3.63, 3.8) is 0 Å². The van der Waals surface area contributed by atoms with Crippen LogP contribution < -0.4 is 0 Å². The Morgan fingerprint density at radius 3 is 2.56 bits per heavy atom. The highest BCUT2D eigenvalue weighted by molar-refractivity contribution is 7.09. The largest absolute Gasteiger partial charge is 0.294 e. The lowest BCUT2D eigenvalue weighted by atomic mass is 10.0. The van der Waals surface area contributed by atoms with Gasteiger partial charge in [0, 0.05) is 16.9 Å². The minimum absolute atomic E-state index is 0.230. The molecule has 1 heterocycles. The summed E-state index contributed by atoms with van der Waals surface area (Å²) < 4.78 is 0. The van der Waals surface area contributed by atoms with Crippen molar-refractivity contribution >= 4 is 17.1 Å². The first kappa shape index (κ1) is 11.1. The second kappa shape index (κ2) is 5.08. The zero-order chi connectivity index (χ0) is 11.4. The third-order valence-electron chi connectivity index (χ3n) is 2.55. The summed E-state index contributed by atoms with van der Waals surface area (Å²) in [6.45, 7) is 2.03. The van der Waals surface area contributed by atoms with Crippen molar-refractivity contribution in [2.75, 3.05) is 0 Å². The van der Waals surface area contributed by atoms with Gasteiger partial charge in [0.25, 0.3) is 0 Å². The Morgan fingerprint density at radius 2 is 1.94 bits per heavy atom. The van der Waals surface area contributed by atoms with E-state index in [4.69, 9.17) is 0 Å². The van der Waals surface area contributed by atoms with Gasteiger partial charge in [0.05, 0.1) is 0 Å². The summed E-state index contributed by atoms with van der Waals surface area (Å²) in [4.78, 5) is 13.1. The Bertz CT molecular complexity index is 454. The first-order valence-corrected chi connectivity index (χ1v) is 6.26. The molecule has 0 amide bonds. The van der Waals surface area contributed by atoms with Gasteiger partial charge in [0.2, 0.25) is 0 Å². The van der Waals surface area contributed by atoms with Crippen LogP contribution in [0, 0.1) is 6.92 Å². The molecule has 0 aliphatic rings. The van der Waals surface area contributed by atoms with E-state index >= 15 is 0 Å². The predicted octanol–water partition coefficient (Wildman–Crippen LogP) is 3.87. The van der Waals surface area contributed by atoms with Gasteiger partial charge in [-0.15, -0.1) is 11.3 Å². The third-order valence-corrected chi connectivity index (χ3v) is 3.49. The van der Waals surface area contributed by atoms with Crippen molar-refractivity contribution in [2.24, 2.45) is 0 Å². The molecule has 2 rings (SSSR count). The maximum Gasteiger partial charge on any atom is 0.163 e. The van der Waals surface area contributed by atoms with Gasteiger partial charge < -0.3 is 0 Å². The highest BCUT2D eigenvalue weighted by Crippen LogP contribution is 2.13. The zero-order valence-corrected chi connectivity index (χ0v) is 10.1. The number of hydrogen-bond donors (Lipinski definition) is 0. The Kier molecular flexibility index (Phi) is 3.52. The summed E-state index contributed by atoms with van der Waals surface area (Å²) in [6.07, 6.45) is 1.45. The molecule has 2 heteroatoms. The molecule has 0 aliphatic heterocycles. The molecule has 0 saturated carbocycles. The molecule has 1 nitrogen and oxygen atoms in total. The van der Waals surface area contributed by atoms with E-state index in [-0.39, 0.29) is 5.78 Å². The average Bonchev–Trinajstić information content (AvgIpc) is 2.80. The number of carbonyl (C=O) groups excluding carboxylic acids is 1. The SMILES string of the molecule is Cc1ccc(C(=O)CCc2cccs2)cc1. The fourth-order valence-electron chi connectivity index (χ4n) is 1.58. The fraction of sp³-hybridized carbons (Fsp3) is 0.214. The minimum Gasteiger partial charge on any atom is -0.294 e. The topological polar surface area (TPSA) is 17.1 Å². The molecule has 2 aromatic rings. The molecule has 0 N–H and O–H groups in total. The number of carbonyl (C=O) groups is 1. The molecule has 0 aliphatic carbocycles. The van der Waals surface area contributed by atoms with Crippen LogP contribution in [-0.2, 0) is 6.42 Å². The lowest BCUT2D eigenvalue weighted by molar-refractivity contribution is 0.0983. The van der Waals surface area contributed by atoms with Gasteiger partial charge in [-0.05, 0) is 24.8 Å². The molecule has 16 heavy (non-hydrogen) atoms. The van der Waals surface area contributed by atoms with Crippen LogP contribution in [0.15, 0.2) is 41.8 Å². The van der Waals surface area contributed by atoms with E-state index in [1.807, 2.05) is 42.6 Å². The lowest BCUT2D eigenvalue weighted by Gasteiger charge is -2.00. The van der Waals surface area contributed by atoms with Gasteiger partial charge in [-0.25, -0.2) is 0 Å². The standard InChI is InChI=1S/C14H14OS/c1-11-4-6-12(7-5-11)14(15)9-8-13-3-2-10-16-13/h2-7,10H,8-9H2,1H3. The van der Waals surface area contributed by atoms with E-state index < -0.39 is 0 Å². The van der Waals surface area contributed by atoms with Crippen molar-refractivity contribution in [1.82, 2.24) is 0 Å². The van der Waals surface area contributed by atoms with Gasteiger partial charge in [0.15, 0.2) is 5.78 Å². The molecular weight excluding hydrogens is 216 g/mol.